The SMILES string of the molecule is CCC(C)C(C)(O)CNC(=O)C(C)(C)N1CCN(C)CC1. The molecule has 1 aliphatic heterocycles. The van der Waals surface area contributed by atoms with E-state index in [0.29, 0.717) is 6.54 Å². The van der Waals surface area contributed by atoms with E-state index in [0.717, 1.165) is 32.6 Å². The van der Waals surface area contributed by atoms with Gasteiger partial charge in [0.2, 0.25) is 5.91 Å². The summed E-state index contributed by atoms with van der Waals surface area (Å²) in [6.07, 6.45) is 0.894. The second kappa shape index (κ2) is 7.07. The number of carbonyl (C=O) groups excluding carboxylic acids is 1. The highest BCUT2D eigenvalue weighted by atomic mass is 16.3. The number of carbonyl (C=O) groups is 1. The molecule has 1 aliphatic rings. The molecular formula is C16H33N3O2. The summed E-state index contributed by atoms with van der Waals surface area (Å²) in [4.78, 5) is 17.0. The van der Waals surface area contributed by atoms with Crippen molar-refractivity contribution in [1.82, 2.24) is 15.1 Å². The van der Waals surface area contributed by atoms with Gasteiger partial charge in [-0.25, -0.2) is 0 Å². The van der Waals surface area contributed by atoms with E-state index in [1.807, 2.05) is 20.8 Å². The van der Waals surface area contributed by atoms with Crippen LogP contribution in [0.15, 0.2) is 0 Å². The predicted molar refractivity (Wildman–Crippen MR) is 86.2 cm³/mol. The zero-order chi connectivity index (χ0) is 16.3. The molecule has 1 amide bonds. The molecule has 0 saturated carbocycles. The molecule has 0 radical (unpaired) electrons. The molecule has 1 fully saturated rings. The smallest absolute Gasteiger partial charge is 0.240 e. The molecule has 1 heterocycles. The van der Waals surface area contributed by atoms with Crippen LogP contribution in [0.25, 0.3) is 0 Å². The second-order valence-corrected chi connectivity index (χ2v) is 7.20. The van der Waals surface area contributed by atoms with Crippen molar-refractivity contribution in [2.45, 2.75) is 52.2 Å². The van der Waals surface area contributed by atoms with E-state index < -0.39 is 11.1 Å². The van der Waals surface area contributed by atoms with E-state index in [2.05, 4.69) is 29.1 Å². The summed E-state index contributed by atoms with van der Waals surface area (Å²) in [5.41, 5.74) is -1.39. The van der Waals surface area contributed by atoms with E-state index in [-0.39, 0.29) is 11.8 Å². The van der Waals surface area contributed by atoms with E-state index in [9.17, 15) is 9.90 Å². The Kier molecular flexibility index (Phi) is 6.20. The fraction of sp³-hybridized carbons (Fsp3) is 0.938. The number of aliphatic hydroxyl groups is 1. The van der Waals surface area contributed by atoms with Crippen LogP contribution in [0.2, 0.25) is 0 Å². The van der Waals surface area contributed by atoms with Gasteiger partial charge in [0.05, 0.1) is 11.1 Å². The molecule has 0 spiro atoms. The van der Waals surface area contributed by atoms with Crippen LogP contribution in [-0.2, 0) is 4.79 Å². The van der Waals surface area contributed by atoms with Crippen LogP contribution in [0.3, 0.4) is 0 Å². The highest BCUT2D eigenvalue weighted by molar-refractivity contribution is 5.85. The number of rotatable bonds is 6. The third kappa shape index (κ3) is 4.66. The second-order valence-electron chi connectivity index (χ2n) is 7.20. The Morgan fingerprint density at radius 1 is 1.24 bits per heavy atom. The zero-order valence-electron chi connectivity index (χ0n) is 14.6. The first-order chi connectivity index (χ1) is 9.61. The van der Waals surface area contributed by atoms with Crippen molar-refractivity contribution >= 4 is 5.91 Å². The van der Waals surface area contributed by atoms with Gasteiger partial charge in [-0.15, -0.1) is 0 Å². The van der Waals surface area contributed by atoms with Gasteiger partial charge < -0.3 is 15.3 Å². The highest BCUT2D eigenvalue weighted by Gasteiger charge is 2.37. The van der Waals surface area contributed by atoms with Gasteiger partial charge in [0.1, 0.15) is 0 Å². The van der Waals surface area contributed by atoms with Crippen molar-refractivity contribution in [1.29, 1.82) is 0 Å². The molecule has 0 bridgehead atoms. The van der Waals surface area contributed by atoms with Gasteiger partial charge >= 0.3 is 0 Å². The van der Waals surface area contributed by atoms with E-state index in [1.165, 1.54) is 0 Å². The molecule has 2 atom stereocenters. The maximum atomic E-state index is 12.5. The minimum atomic E-state index is -0.859. The monoisotopic (exact) mass is 299 g/mol. The predicted octanol–water partition coefficient (Wildman–Crippen LogP) is 0.926. The van der Waals surface area contributed by atoms with E-state index >= 15 is 0 Å². The minimum Gasteiger partial charge on any atom is -0.388 e. The van der Waals surface area contributed by atoms with Gasteiger partial charge in [0.25, 0.3) is 0 Å². The van der Waals surface area contributed by atoms with Crippen molar-refractivity contribution in [2.24, 2.45) is 5.92 Å². The minimum absolute atomic E-state index is 0.00405. The Morgan fingerprint density at radius 3 is 2.24 bits per heavy atom. The summed E-state index contributed by atoms with van der Waals surface area (Å²) >= 11 is 0. The van der Waals surface area contributed by atoms with Gasteiger partial charge in [-0.1, -0.05) is 20.3 Å². The fourth-order valence-electron chi connectivity index (χ4n) is 2.60. The Bertz CT molecular complexity index is 347. The number of hydrogen-bond acceptors (Lipinski definition) is 4. The van der Waals surface area contributed by atoms with Gasteiger partial charge in [-0.3, -0.25) is 9.69 Å². The van der Waals surface area contributed by atoms with Crippen LogP contribution in [0.4, 0.5) is 0 Å². The third-order valence-electron chi connectivity index (χ3n) is 5.13. The lowest BCUT2D eigenvalue weighted by Crippen LogP contribution is -2.61. The van der Waals surface area contributed by atoms with Crippen LogP contribution in [-0.4, -0.2) is 71.7 Å². The molecule has 0 aromatic heterocycles. The third-order valence-corrected chi connectivity index (χ3v) is 5.13. The number of nitrogens with zero attached hydrogens (tertiary/aromatic N) is 2. The number of hydrogen-bond donors (Lipinski definition) is 2. The standard InChI is InChI=1S/C16H33N3O2/c1-7-13(2)16(5,21)12-17-14(20)15(3,4)19-10-8-18(6)9-11-19/h13,21H,7-12H2,1-6H3,(H,17,20). The molecule has 5 nitrogen and oxygen atoms in total. The van der Waals surface area contributed by atoms with Crippen LogP contribution in [0, 0.1) is 5.92 Å². The quantitative estimate of drug-likeness (QED) is 0.766. The molecule has 1 saturated heterocycles. The maximum absolute atomic E-state index is 12.5. The summed E-state index contributed by atoms with van der Waals surface area (Å²) in [6.45, 7) is 13.9. The Balaban J connectivity index is 2.57. The van der Waals surface area contributed by atoms with E-state index in [1.54, 1.807) is 6.92 Å². The van der Waals surface area contributed by atoms with Gasteiger partial charge in [-0.05, 0) is 33.7 Å². The first-order valence-corrected chi connectivity index (χ1v) is 8.05. The molecule has 124 valence electrons. The van der Waals surface area contributed by atoms with Crippen LogP contribution in [0.1, 0.15) is 41.0 Å². The summed E-state index contributed by atoms with van der Waals surface area (Å²) in [5.74, 6) is 0.153. The number of piperazine rings is 1. The van der Waals surface area contributed by atoms with Gasteiger partial charge in [0, 0.05) is 32.7 Å². The van der Waals surface area contributed by atoms with Crippen LogP contribution < -0.4 is 5.32 Å². The summed E-state index contributed by atoms with van der Waals surface area (Å²) < 4.78 is 0. The topological polar surface area (TPSA) is 55.8 Å². The summed E-state index contributed by atoms with van der Waals surface area (Å²) in [7, 11) is 2.10. The largest absolute Gasteiger partial charge is 0.388 e. The Morgan fingerprint density at radius 2 is 1.76 bits per heavy atom. The lowest BCUT2D eigenvalue weighted by atomic mass is 9.88. The molecule has 1 rings (SSSR count). The van der Waals surface area contributed by atoms with Crippen molar-refractivity contribution in [3.05, 3.63) is 0 Å². The molecule has 0 aliphatic carbocycles. The van der Waals surface area contributed by atoms with Crippen molar-refractivity contribution in [3.63, 3.8) is 0 Å². The molecule has 2 unspecified atom stereocenters. The van der Waals surface area contributed by atoms with Crippen LogP contribution >= 0.6 is 0 Å². The van der Waals surface area contributed by atoms with Crippen LogP contribution in [0.5, 0.6) is 0 Å². The summed E-state index contributed by atoms with van der Waals surface area (Å²) in [6, 6.07) is 0. The Labute approximate surface area is 129 Å². The van der Waals surface area contributed by atoms with Crippen molar-refractivity contribution in [2.75, 3.05) is 39.8 Å². The Hall–Kier alpha value is -0.650. The number of likely N-dealkylation sites (N-methyl/N-ethyl adjacent to an activating group) is 1. The molecule has 5 heteroatoms. The van der Waals surface area contributed by atoms with Gasteiger partial charge in [-0.2, -0.15) is 0 Å². The molecule has 2 N–H and O–H groups in total. The van der Waals surface area contributed by atoms with Gasteiger partial charge in [0.15, 0.2) is 0 Å². The number of amides is 1. The number of nitrogens with one attached hydrogen (secondary N) is 1. The zero-order valence-corrected chi connectivity index (χ0v) is 14.6. The molecular weight excluding hydrogens is 266 g/mol. The average Bonchev–Trinajstić information content (AvgIpc) is 2.44. The molecule has 21 heavy (non-hydrogen) atoms. The average molecular weight is 299 g/mol. The normalized spacial score (nSPS) is 22.6. The van der Waals surface area contributed by atoms with E-state index in [4.69, 9.17) is 0 Å². The lowest BCUT2D eigenvalue weighted by molar-refractivity contribution is -0.134. The molecule has 0 aromatic carbocycles. The maximum Gasteiger partial charge on any atom is 0.240 e. The molecule has 0 aromatic rings. The highest BCUT2D eigenvalue weighted by Crippen LogP contribution is 2.21. The van der Waals surface area contributed by atoms with Crippen molar-refractivity contribution < 1.29 is 9.90 Å². The van der Waals surface area contributed by atoms with Crippen molar-refractivity contribution in [3.8, 4) is 0 Å². The summed E-state index contributed by atoms with van der Waals surface area (Å²) in [5, 5.41) is 13.4. The first kappa shape index (κ1) is 18.4. The lowest BCUT2D eigenvalue weighted by Gasteiger charge is -2.42. The fourth-order valence-corrected chi connectivity index (χ4v) is 2.60. The first-order valence-electron chi connectivity index (χ1n) is 8.05.